The lowest BCUT2D eigenvalue weighted by atomic mass is 10.3. The highest BCUT2D eigenvalue weighted by Gasteiger charge is 2.25. The quantitative estimate of drug-likeness (QED) is 0.888. The maximum Gasteiger partial charge on any atom is 0.318 e. The second kappa shape index (κ2) is 4.60. The Balaban J connectivity index is 2.47. The summed E-state index contributed by atoms with van der Waals surface area (Å²) in [6.07, 6.45) is 0. The SMILES string of the molecule is O=C(O)CNS(=O)(=O)c1oc2ccccc2c1Cl. The summed E-state index contributed by atoms with van der Waals surface area (Å²) >= 11 is 5.90. The third-order valence-corrected chi connectivity index (χ3v) is 3.95. The van der Waals surface area contributed by atoms with Gasteiger partial charge in [0.05, 0.1) is 0 Å². The molecular weight excluding hydrogens is 282 g/mol. The molecule has 1 heterocycles. The molecule has 0 fully saturated rings. The molecular formula is C10H8ClNO5S. The molecule has 0 radical (unpaired) electrons. The minimum atomic E-state index is -4.08. The van der Waals surface area contributed by atoms with E-state index >= 15 is 0 Å². The van der Waals surface area contributed by atoms with Crippen LogP contribution in [0.5, 0.6) is 0 Å². The molecule has 2 aromatic rings. The van der Waals surface area contributed by atoms with Crippen molar-refractivity contribution in [3.05, 3.63) is 29.3 Å². The van der Waals surface area contributed by atoms with E-state index in [2.05, 4.69) is 0 Å². The summed E-state index contributed by atoms with van der Waals surface area (Å²) in [5.74, 6) is -1.30. The van der Waals surface area contributed by atoms with Crippen LogP contribution in [0, 0.1) is 0 Å². The van der Waals surface area contributed by atoms with E-state index in [0.717, 1.165) is 0 Å². The average molecular weight is 290 g/mol. The number of furan rings is 1. The molecule has 0 saturated heterocycles. The van der Waals surface area contributed by atoms with E-state index in [1.54, 1.807) is 24.3 Å². The fourth-order valence-corrected chi connectivity index (χ4v) is 2.88. The highest BCUT2D eigenvalue weighted by molar-refractivity contribution is 7.89. The molecule has 0 bridgehead atoms. The summed E-state index contributed by atoms with van der Waals surface area (Å²) in [5.41, 5.74) is 0.318. The number of carbonyl (C=O) groups is 1. The normalized spacial score (nSPS) is 11.8. The average Bonchev–Trinajstić information content (AvgIpc) is 2.66. The Morgan fingerprint density at radius 2 is 2.06 bits per heavy atom. The predicted molar refractivity (Wildman–Crippen MR) is 64.0 cm³/mol. The van der Waals surface area contributed by atoms with Crippen LogP contribution in [0.1, 0.15) is 0 Å². The van der Waals surface area contributed by atoms with Gasteiger partial charge in [-0.2, -0.15) is 4.72 Å². The smallest absolute Gasteiger partial charge is 0.318 e. The molecule has 2 rings (SSSR count). The standard InChI is InChI=1S/C10H8ClNO5S/c11-9-6-3-1-2-4-7(6)17-10(9)18(15,16)12-5-8(13)14/h1-4,12H,5H2,(H,13,14). The number of benzene rings is 1. The van der Waals surface area contributed by atoms with Crippen LogP contribution in [-0.2, 0) is 14.8 Å². The van der Waals surface area contributed by atoms with Crippen LogP contribution < -0.4 is 4.72 Å². The van der Waals surface area contributed by atoms with E-state index in [4.69, 9.17) is 21.1 Å². The number of fused-ring (bicyclic) bond motifs is 1. The first-order valence-electron chi connectivity index (χ1n) is 4.80. The van der Waals surface area contributed by atoms with E-state index in [1.165, 1.54) is 0 Å². The second-order valence-electron chi connectivity index (χ2n) is 3.42. The van der Waals surface area contributed by atoms with Crippen molar-refractivity contribution in [1.29, 1.82) is 0 Å². The lowest BCUT2D eigenvalue weighted by molar-refractivity contribution is -0.135. The van der Waals surface area contributed by atoms with Gasteiger partial charge < -0.3 is 9.52 Å². The van der Waals surface area contributed by atoms with Gasteiger partial charge in [0.15, 0.2) is 0 Å². The van der Waals surface area contributed by atoms with Gasteiger partial charge in [-0.05, 0) is 12.1 Å². The third-order valence-electron chi connectivity index (χ3n) is 2.16. The van der Waals surface area contributed by atoms with Crippen LogP contribution in [0.25, 0.3) is 11.0 Å². The Morgan fingerprint density at radius 1 is 1.39 bits per heavy atom. The lowest BCUT2D eigenvalue weighted by Gasteiger charge is -2.00. The maximum absolute atomic E-state index is 11.8. The molecule has 96 valence electrons. The molecule has 0 saturated carbocycles. The first-order chi connectivity index (χ1) is 8.42. The fourth-order valence-electron chi connectivity index (χ4n) is 1.39. The number of rotatable bonds is 4. The van der Waals surface area contributed by atoms with Crippen LogP contribution in [-0.4, -0.2) is 26.0 Å². The number of aliphatic carboxylic acids is 1. The van der Waals surface area contributed by atoms with Crippen molar-refractivity contribution in [2.75, 3.05) is 6.54 Å². The van der Waals surface area contributed by atoms with Crippen molar-refractivity contribution < 1.29 is 22.7 Å². The van der Waals surface area contributed by atoms with Gasteiger partial charge in [-0.15, -0.1) is 0 Å². The topological polar surface area (TPSA) is 96.6 Å². The fraction of sp³-hybridized carbons (Fsp3) is 0.100. The Labute approximate surface area is 107 Å². The van der Waals surface area contributed by atoms with Gasteiger partial charge in [-0.3, -0.25) is 4.79 Å². The van der Waals surface area contributed by atoms with Gasteiger partial charge in [0.25, 0.3) is 15.1 Å². The zero-order valence-corrected chi connectivity index (χ0v) is 10.5. The van der Waals surface area contributed by atoms with E-state index in [1.807, 2.05) is 4.72 Å². The number of carboxylic acids is 1. The Morgan fingerprint density at radius 3 is 2.67 bits per heavy atom. The van der Waals surface area contributed by atoms with Gasteiger partial charge in [0, 0.05) is 5.39 Å². The minimum Gasteiger partial charge on any atom is -0.480 e. The zero-order chi connectivity index (χ0) is 13.3. The summed E-state index contributed by atoms with van der Waals surface area (Å²) in [7, 11) is -4.08. The number of carboxylic acid groups (broad SMARTS) is 1. The molecule has 8 heteroatoms. The molecule has 1 aromatic heterocycles. The van der Waals surface area contributed by atoms with Crippen LogP contribution in [0.3, 0.4) is 0 Å². The van der Waals surface area contributed by atoms with Gasteiger partial charge in [0.2, 0.25) is 0 Å². The minimum absolute atomic E-state index is 0.0662. The van der Waals surface area contributed by atoms with Gasteiger partial charge in [-0.25, -0.2) is 8.42 Å². The summed E-state index contributed by atoms with van der Waals surface area (Å²) in [6, 6.07) is 6.53. The van der Waals surface area contributed by atoms with Crippen molar-refractivity contribution in [2.24, 2.45) is 0 Å². The highest BCUT2D eigenvalue weighted by atomic mass is 35.5. The van der Waals surface area contributed by atoms with E-state index in [0.29, 0.717) is 11.0 Å². The van der Waals surface area contributed by atoms with E-state index in [-0.39, 0.29) is 5.02 Å². The Kier molecular flexibility index (Phi) is 3.29. The number of nitrogens with one attached hydrogen (secondary N) is 1. The first kappa shape index (κ1) is 12.9. The Hall–Kier alpha value is -1.57. The van der Waals surface area contributed by atoms with Gasteiger partial charge in [0.1, 0.15) is 17.2 Å². The van der Waals surface area contributed by atoms with Gasteiger partial charge >= 0.3 is 5.97 Å². The molecule has 0 aliphatic rings. The van der Waals surface area contributed by atoms with Crippen LogP contribution in [0.2, 0.25) is 5.02 Å². The molecule has 0 spiro atoms. The first-order valence-corrected chi connectivity index (χ1v) is 6.66. The Bertz CT molecular complexity index is 706. The number of halogens is 1. The van der Waals surface area contributed by atoms with Crippen molar-refractivity contribution in [3.8, 4) is 0 Å². The summed E-state index contributed by atoms with van der Waals surface area (Å²) < 4.78 is 30.5. The number of para-hydroxylation sites is 1. The number of hydrogen-bond acceptors (Lipinski definition) is 4. The van der Waals surface area contributed by atoms with E-state index < -0.39 is 27.6 Å². The number of sulfonamides is 1. The zero-order valence-electron chi connectivity index (χ0n) is 8.88. The van der Waals surface area contributed by atoms with Crippen molar-refractivity contribution in [3.63, 3.8) is 0 Å². The third kappa shape index (κ3) is 2.33. The molecule has 18 heavy (non-hydrogen) atoms. The van der Waals surface area contributed by atoms with Crippen LogP contribution in [0.15, 0.2) is 33.8 Å². The molecule has 2 N–H and O–H groups in total. The van der Waals surface area contributed by atoms with Crippen molar-refractivity contribution in [1.82, 2.24) is 4.72 Å². The van der Waals surface area contributed by atoms with E-state index in [9.17, 15) is 13.2 Å². The predicted octanol–water partition coefficient (Wildman–Crippen LogP) is 1.45. The molecule has 0 aliphatic carbocycles. The summed E-state index contributed by atoms with van der Waals surface area (Å²) in [5, 5.41) is 8.35. The highest BCUT2D eigenvalue weighted by Crippen LogP contribution is 2.32. The molecule has 0 unspecified atom stereocenters. The molecule has 1 aromatic carbocycles. The lowest BCUT2D eigenvalue weighted by Crippen LogP contribution is -2.29. The van der Waals surface area contributed by atoms with Crippen LogP contribution >= 0.6 is 11.6 Å². The van der Waals surface area contributed by atoms with Crippen molar-refractivity contribution >= 4 is 38.6 Å². The summed E-state index contributed by atoms with van der Waals surface area (Å²) in [6.45, 7) is -0.740. The van der Waals surface area contributed by atoms with Crippen LogP contribution in [0.4, 0.5) is 0 Å². The molecule has 0 aliphatic heterocycles. The maximum atomic E-state index is 11.8. The molecule has 0 atom stereocenters. The molecule has 0 amide bonds. The number of hydrogen-bond donors (Lipinski definition) is 2. The molecule has 6 nitrogen and oxygen atoms in total. The monoisotopic (exact) mass is 289 g/mol. The second-order valence-corrected chi connectivity index (χ2v) is 5.46. The largest absolute Gasteiger partial charge is 0.480 e. The van der Waals surface area contributed by atoms with Gasteiger partial charge in [-0.1, -0.05) is 23.7 Å². The summed E-state index contributed by atoms with van der Waals surface area (Å²) in [4.78, 5) is 10.3. The van der Waals surface area contributed by atoms with Crippen molar-refractivity contribution in [2.45, 2.75) is 5.09 Å².